The summed E-state index contributed by atoms with van der Waals surface area (Å²) in [7, 11) is 0. The fourth-order valence-corrected chi connectivity index (χ4v) is 2.68. The van der Waals surface area contributed by atoms with Gasteiger partial charge in [0.05, 0.1) is 22.0 Å². The fourth-order valence-electron chi connectivity index (χ4n) is 1.97. The Morgan fingerprint density at radius 2 is 2.24 bits per heavy atom. The number of halogens is 2. The summed E-state index contributed by atoms with van der Waals surface area (Å²) in [6, 6.07) is 5.54. The molecule has 0 aliphatic rings. The molecular formula is C14H15BrClN3OS. The summed E-state index contributed by atoms with van der Waals surface area (Å²) in [6.07, 6.45) is 0. The summed E-state index contributed by atoms with van der Waals surface area (Å²) in [4.78, 5) is 0.289. The molecule has 21 heavy (non-hydrogen) atoms. The van der Waals surface area contributed by atoms with Crippen LogP contribution < -0.4 is 10.5 Å². The van der Waals surface area contributed by atoms with Crippen LogP contribution in [0.15, 0.2) is 22.7 Å². The summed E-state index contributed by atoms with van der Waals surface area (Å²) in [6.45, 7) is 4.92. The maximum absolute atomic E-state index is 6.27. The summed E-state index contributed by atoms with van der Waals surface area (Å²) in [5, 5.41) is 4.99. The Hall–Kier alpha value is -1.11. The largest absolute Gasteiger partial charge is 0.487 e. The van der Waals surface area contributed by atoms with Crippen LogP contribution in [0.1, 0.15) is 23.9 Å². The van der Waals surface area contributed by atoms with E-state index in [-0.39, 0.29) is 4.99 Å². The lowest BCUT2D eigenvalue weighted by atomic mass is 10.2. The van der Waals surface area contributed by atoms with Gasteiger partial charge in [0.25, 0.3) is 0 Å². The normalized spacial score (nSPS) is 10.7. The van der Waals surface area contributed by atoms with E-state index >= 15 is 0 Å². The van der Waals surface area contributed by atoms with Gasteiger partial charge in [0.1, 0.15) is 17.3 Å². The monoisotopic (exact) mass is 387 g/mol. The molecule has 0 spiro atoms. The molecule has 2 rings (SSSR count). The summed E-state index contributed by atoms with van der Waals surface area (Å²) in [5.41, 5.74) is 8.05. The van der Waals surface area contributed by atoms with Crippen molar-refractivity contribution in [2.24, 2.45) is 5.73 Å². The van der Waals surface area contributed by atoms with Crippen LogP contribution >= 0.6 is 39.7 Å². The first kappa shape index (κ1) is 16.3. The van der Waals surface area contributed by atoms with Crippen LogP contribution in [0.25, 0.3) is 0 Å². The van der Waals surface area contributed by atoms with Crippen molar-refractivity contribution in [2.45, 2.75) is 27.0 Å². The lowest BCUT2D eigenvalue weighted by Crippen LogP contribution is -2.13. The second-order valence-electron chi connectivity index (χ2n) is 4.46. The van der Waals surface area contributed by atoms with E-state index in [0.717, 1.165) is 22.4 Å². The molecule has 0 saturated heterocycles. The van der Waals surface area contributed by atoms with Gasteiger partial charge < -0.3 is 10.5 Å². The van der Waals surface area contributed by atoms with E-state index in [1.807, 2.05) is 36.7 Å². The van der Waals surface area contributed by atoms with Crippen LogP contribution in [-0.4, -0.2) is 14.8 Å². The van der Waals surface area contributed by atoms with Gasteiger partial charge >= 0.3 is 0 Å². The minimum atomic E-state index is 0.289. The molecule has 0 aliphatic heterocycles. The van der Waals surface area contributed by atoms with E-state index in [2.05, 4.69) is 21.0 Å². The molecule has 0 bridgehead atoms. The highest BCUT2D eigenvalue weighted by Crippen LogP contribution is 2.26. The highest BCUT2D eigenvalue weighted by molar-refractivity contribution is 9.10. The van der Waals surface area contributed by atoms with Gasteiger partial charge in [-0.3, -0.25) is 4.68 Å². The Bertz CT molecular complexity index is 687. The molecular weight excluding hydrogens is 374 g/mol. The molecule has 4 nitrogen and oxygen atoms in total. The van der Waals surface area contributed by atoms with Gasteiger partial charge in [0.15, 0.2) is 0 Å². The molecule has 0 saturated carbocycles. The number of hydrogen-bond acceptors (Lipinski definition) is 3. The molecule has 0 amide bonds. The molecule has 0 fully saturated rings. The molecule has 2 N–H and O–H groups in total. The topological polar surface area (TPSA) is 53.1 Å². The summed E-state index contributed by atoms with van der Waals surface area (Å²) in [5.74, 6) is 0.628. The Balaban J connectivity index is 2.27. The van der Waals surface area contributed by atoms with E-state index in [9.17, 15) is 0 Å². The van der Waals surface area contributed by atoms with Gasteiger partial charge in [0, 0.05) is 11.0 Å². The van der Waals surface area contributed by atoms with Crippen LogP contribution in [0.4, 0.5) is 0 Å². The lowest BCUT2D eigenvalue weighted by Gasteiger charge is -2.12. The molecule has 1 aromatic carbocycles. The Kier molecular flexibility index (Phi) is 5.24. The Morgan fingerprint density at radius 1 is 1.52 bits per heavy atom. The predicted molar refractivity (Wildman–Crippen MR) is 92.0 cm³/mol. The second-order valence-corrected chi connectivity index (χ2v) is 6.19. The number of nitrogens with zero attached hydrogens (tertiary/aromatic N) is 2. The number of aromatic nitrogens is 2. The Labute approximate surface area is 142 Å². The number of aryl methyl sites for hydroxylation is 2. The molecule has 1 heterocycles. The minimum Gasteiger partial charge on any atom is -0.487 e. The first-order valence-corrected chi connectivity index (χ1v) is 7.95. The van der Waals surface area contributed by atoms with E-state index < -0.39 is 0 Å². The van der Waals surface area contributed by atoms with Crippen molar-refractivity contribution in [2.75, 3.05) is 0 Å². The standard InChI is InChI=1S/C14H15BrClN3OS/c1-3-19-11(13(16)8(2)18-19)7-20-12-5-4-9(15)6-10(12)14(17)21/h4-6H,3,7H2,1-2H3,(H2,17,21). The number of thiocarbonyl (C=S) groups is 1. The number of ether oxygens (including phenoxy) is 1. The van der Waals surface area contributed by atoms with E-state index in [1.54, 1.807) is 0 Å². The molecule has 2 aromatic rings. The van der Waals surface area contributed by atoms with Crippen LogP contribution in [0, 0.1) is 6.92 Å². The van der Waals surface area contributed by atoms with Crippen LogP contribution in [0.3, 0.4) is 0 Å². The minimum absolute atomic E-state index is 0.289. The van der Waals surface area contributed by atoms with Crippen molar-refractivity contribution in [1.29, 1.82) is 0 Å². The predicted octanol–water partition coefficient (Wildman–Crippen LogP) is 3.84. The highest BCUT2D eigenvalue weighted by atomic mass is 79.9. The third kappa shape index (κ3) is 3.56. The quantitative estimate of drug-likeness (QED) is 0.791. The molecule has 112 valence electrons. The van der Waals surface area contributed by atoms with Crippen molar-refractivity contribution < 1.29 is 4.74 Å². The maximum atomic E-state index is 6.27. The van der Waals surface area contributed by atoms with Gasteiger partial charge in [-0.05, 0) is 32.0 Å². The van der Waals surface area contributed by atoms with Crippen molar-refractivity contribution >= 4 is 44.7 Å². The van der Waals surface area contributed by atoms with Gasteiger partial charge in [-0.2, -0.15) is 5.10 Å². The molecule has 0 aliphatic carbocycles. The Morgan fingerprint density at radius 3 is 2.86 bits per heavy atom. The third-order valence-electron chi connectivity index (χ3n) is 3.02. The molecule has 0 radical (unpaired) electrons. The number of rotatable bonds is 5. The van der Waals surface area contributed by atoms with Gasteiger partial charge in [-0.25, -0.2) is 0 Å². The first-order chi connectivity index (χ1) is 9.93. The second kappa shape index (κ2) is 6.77. The molecule has 0 atom stereocenters. The zero-order chi connectivity index (χ0) is 15.6. The smallest absolute Gasteiger partial charge is 0.131 e. The summed E-state index contributed by atoms with van der Waals surface area (Å²) < 4.78 is 8.57. The number of nitrogens with two attached hydrogens (primary N) is 1. The molecule has 7 heteroatoms. The van der Waals surface area contributed by atoms with Crippen molar-refractivity contribution in [3.05, 3.63) is 44.6 Å². The fraction of sp³-hybridized carbons (Fsp3) is 0.286. The van der Waals surface area contributed by atoms with E-state index in [1.165, 1.54) is 0 Å². The van der Waals surface area contributed by atoms with Gasteiger partial charge in [-0.1, -0.05) is 39.7 Å². The maximum Gasteiger partial charge on any atom is 0.131 e. The number of hydrogen-bond donors (Lipinski definition) is 1. The van der Waals surface area contributed by atoms with E-state index in [4.69, 9.17) is 34.3 Å². The third-order valence-corrected chi connectivity index (χ3v) is 4.23. The lowest BCUT2D eigenvalue weighted by molar-refractivity contribution is 0.292. The highest BCUT2D eigenvalue weighted by Gasteiger charge is 2.14. The zero-order valence-electron chi connectivity index (χ0n) is 11.7. The van der Waals surface area contributed by atoms with Gasteiger partial charge in [0.2, 0.25) is 0 Å². The SMILES string of the molecule is CCn1nc(C)c(Cl)c1COc1ccc(Br)cc1C(N)=S. The van der Waals surface area contributed by atoms with Crippen molar-refractivity contribution in [1.82, 2.24) is 9.78 Å². The average Bonchev–Trinajstić information content (AvgIpc) is 2.72. The molecule has 0 unspecified atom stereocenters. The molecule has 1 aromatic heterocycles. The van der Waals surface area contributed by atoms with Crippen molar-refractivity contribution in [3.8, 4) is 5.75 Å². The van der Waals surface area contributed by atoms with Crippen LogP contribution in [0.5, 0.6) is 5.75 Å². The zero-order valence-corrected chi connectivity index (χ0v) is 14.8. The average molecular weight is 389 g/mol. The first-order valence-electron chi connectivity index (χ1n) is 6.38. The van der Waals surface area contributed by atoms with E-state index in [0.29, 0.717) is 22.9 Å². The summed E-state index contributed by atoms with van der Waals surface area (Å²) >= 11 is 14.7. The van der Waals surface area contributed by atoms with Crippen molar-refractivity contribution in [3.63, 3.8) is 0 Å². The number of benzene rings is 1. The van der Waals surface area contributed by atoms with Gasteiger partial charge in [-0.15, -0.1) is 0 Å². The van der Waals surface area contributed by atoms with Crippen LogP contribution in [-0.2, 0) is 13.2 Å². The van der Waals surface area contributed by atoms with Crippen LogP contribution in [0.2, 0.25) is 5.02 Å².